The Hall–Kier alpha value is -1.02. The summed E-state index contributed by atoms with van der Waals surface area (Å²) in [6.45, 7) is 4.81. The molecule has 104 valence electrons. The van der Waals surface area contributed by atoms with E-state index in [-0.39, 0.29) is 5.91 Å². The van der Waals surface area contributed by atoms with Crippen molar-refractivity contribution in [3.63, 3.8) is 0 Å². The maximum atomic E-state index is 12.1. The van der Waals surface area contributed by atoms with E-state index in [9.17, 15) is 4.79 Å². The first-order valence-electron chi connectivity index (χ1n) is 7.05. The summed E-state index contributed by atoms with van der Waals surface area (Å²) in [5.74, 6) is 0.629. The highest BCUT2D eigenvalue weighted by Crippen LogP contribution is 2.27. The fourth-order valence-electron chi connectivity index (χ4n) is 2.77. The Labute approximate surface area is 120 Å². The molecule has 19 heavy (non-hydrogen) atoms. The normalized spacial score (nSPS) is 23.1. The molecule has 0 bridgehead atoms. The summed E-state index contributed by atoms with van der Waals surface area (Å²) < 4.78 is 0. The van der Waals surface area contributed by atoms with Crippen molar-refractivity contribution in [2.75, 3.05) is 6.54 Å². The molecule has 1 aliphatic rings. The van der Waals surface area contributed by atoms with Crippen LogP contribution in [-0.2, 0) is 0 Å². The molecule has 0 saturated heterocycles. The third kappa shape index (κ3) is 4.24. The van der Waals surface area contributed by atoms with Gasteiger partial charge in [-0.05, 0) is 57.6 Å². The van der Waals surface area contributed by atoms with Crippen LogP contribution in [0.1, 0.15) is 47.2 Å². The minimum atomic E-state index is 0.0415. The van der Waals surface area contributed by atoms with Gasteiger partial charge in [-0.15, -0.1) is 11.6 Å². The molecule has 0 spiro atoms. The number of amides is 1. The molecule has 0 atom stereocenters. The Morgan fingerprint density at radius 1 is 1.16 bits per heavy atom. The minimum Gasteiger partial charge on any atom is -0.352 e. The van der Waals surface area contributed by atoms with Crippen molar-refractivity contribution >= 4 is 17.5 Å². The zero-order chi connectivity index (χ0) is 13.8. The average molecular weight is 280 g/mol. The Morgan fingerprint density at radius 3 is 2.32 bits per heavy atom. The van der Waals surface area contributed by atoms with Gasteiger partial charge in [0.25, 0.3) is 5.91 Å². The highest BCUT2D eigenvalue weighted by atomic mass is 35.5. The molecule has 0 aliphatic heterocycles. The third-order valence-corrected chi connectivity index (χ3v) is 4.25. The van der Waals surface area contributed by atoms with Crippen LogP contribution in [0.3, 0.4) is 0 Å². The number of carbonyl (C=O) groups excluding carboxylic acids is 1. The molecule has 1 amide bonds. The maximum absolute atomic E-state index is 12.1. The van der Waals surface area contributed by atoms with Gasteiger partial charge in [-0.1, -0.05) is 17.2 Å². The van der Waals surface area contributed by atoms with Gasteiger partial charge in [-0.25, -0.2) is 0 Å². The number of alkyl halides is 1. The summed E-state index contributed by atoms with van der Waals surface area (Å²) in [6, 6.07) is 5.97. The summed E-state index contributed by atoms with van der Waals surface area (Å²) in [5, 5.41) is 3.40. The van der Waals surface area contributed by atoms with Crippen LogP contribution in [0.2, 0.25) is 0 Å². The molecule has 0 heterocycles. The molecule has 1 aromatic rings. The first kappa shape index (κ1) is 14.4. The molecule has 1 aliphatic carbocycles. The Bertz CT molecular complexity index is 430. The summed E-state index contributed by atoms with van der Waals surface area (Å²) in [5.41, 5.74) is 3.03. The van der Waals surface area contributed by atoms with Crippen LogP contribution < -0.4 is 5.32 Å². The summed E-state index contributed by atoms with van der Waals surface area (Å²) in [6.07, 6.45) is 4.40. The lowest BCUT2D eigenvalue weighted by molar-refractivity contribution is 0.0943. The van der Waals surface area contributed by atoms with Crippen molar-refractivity contribution in [1.29, 1.82) is 0 Å². The smallest absolute Gasteiger partial charge is 0.251 e. The van der Waals surface area contributed by atoms with Crippen LogP contribution in [0.25, 0.3) is 0 Å². The molecular formula is C16H22ClNO. The molecule has 2 nitrogen and oxygen atoms in total. The fraction of sp³-hybridized carbons (Fsp3) is 0.562. The van der Waals surface area contributed by atoms with E-state index >= 15 is 0 Å². The SMILES string of the molecule is Cc1cc(C)cc(C(=O)NCC2CCC(Cl)CC2)c1. The molecule has 2 rings (SSSR count). The zero-order valence-corrected chi connectivity index (χ0v) is 12.5. The molecule has 1 saturated carbocycles. The van der Waals surface area contributed by atoms with Crippen LogP contribution in [0.5, 0.6) is 0 Å². The zero-order valence-electron chi connectivity index (χ0n) is 11.7. The lowest BCUT2D eigenvalue weighted by Gasteiger charge is -2.25. The van der Waals surface area contributed by atoms with Gasteiger partial charge in [-0.3, -0.25) is 4.79 Å². The Kier molecular flexibility index (Phi) is 4.87. The van der Waals surface area contributed by atoms with E-state index in [1.165, 1.54) is 0 Å². The largest absolute Gasteiger partial charge is 0.352 e. The number of halogens is 1. The van der Waals surface area contributed by atoms with Crippen molar-refractivity contribution in [1.82, 2.24) is 5.32 Å². The number of rotatable bonds is 3. The quantitative estimate of drug-likeness (QED) is 0.837. The van der Waals surface area contributed by atoms with Crippen LogP contribution >= 0.6 is 11.6 Å². The second-order valence-corrected chi connectivity index (χ2v) is 6.32. The topological polar surface area (TPSA) is 29.1 Å². The van der Waals surface area contributed by atoms with Gasteiger partial charge < -0.3 is 5.32 Å². The summed E-state index contributed by atoms with van der Waals surface area (Å²) >= 11 is 6.09. The van der Waals surface area contributed by atoms with Crippen LogP contribution in [0.15, 0.2) is 18.2 Å². The summed E-state index contributed by atoms with van der Waals surface area (Å²) in [7, 11) is 0. The van der Waals surface area contributed by atoms with Crippen molar-refractivity contribution in [2.45, 2.75) is 44.9 Å². The van der Waals surface area contributed by atoms with Crippen LogP contribution in [0.4, 0.5) is 0 Å². The van der Waals surface area contributed by atoms with Gasteiger partial charge in [0.05, 0.1) is 0 Å². The van der Waals surface area contributed by atoms with Gasteiger partial charge in [0.2, 0.25) is 0 Å². The van der Waals surface area contributed by atoms with E-state index in [4.69, 9.17) is 11.6 Å². The monoisotopic (exact) mass is 279 g/mol. The Balaban J connectivity index is 1.87. The van der Waals surface area contributed by atoms with Gasteiger partial charge in [-0.2, -0.15) is 0 Å². The highest BCUT2D eigenvalue weighted by Gasteiger charge is 2.20. The van der Waals surface area contributed by atoms with E-state index in [2.05, 4.69) is 11.4 Å². The molecule has 0 unspecified atom stereocenters. The van der Waals surface area contributed by atoms with E-state index in [1.807, 2.05) is 26.0 Å². The molecule has 3 heteroatoms. The van der Waals surface area contributed by atoms with Crippen molar-refractivity contribution in [3.8, 4) is 0 Å². The molecule has 1 aromatic carbocycles. The number of benzene rings is 1. The number of aryl methyl sites for hydroxylation is 2. The van der Waals surface area contributed by atoms with Gasteiger partial charge >= 0.3 is 0 Å². The number of hydrogen-bond acceptors (Lipinski definition) is 1. The second-order valence-electron chi connectivity index (χ2n) is 5.70. The van der Waals surface area contributed by atoms with Gasteiger partial charge in [0, 0.05) is 17.5 Å². The molecule has 1 fully saturated rings. The van der Waals surface area contributed by atoms with E-state index in [0.29, 0.717) is 11.3 Å². The van der Waals surface area contributed by atoms with Crippen molar-refractivity contribution in [3.05, 3.63) is 34.9 Å². The number of nitrogens with one attached hydrogen (secondary N) is 1. The lowest BCUT2D eigenvalue weighted by atomic mass is 9.89. The van der Waals surface area contributed by atoms with Crippen LogP contribution in [0, 0.1) is 19.8 Å². The number of hydrogen-bond donors (Lipinski definition) is 1. The lowest BCUT2D eigenvalue weighted by Crippen LogP contribution is -2.31. The molecular weight excluding hydrogens is 258 g/mol. The second kappa shape index (κ2) is 6.42. The molecule has 0 aromatic heterocycles. The van der Waals surface area contributed by atoms with Gasteiger partial charge in [0.15, 0.2) is 0 Å². The van der Waals surface area contributed by atoms with Gasteiger partial charge in [0.1, 0.15) is 0 Å². The molecule has 0 radical (unpaired) electrons. The standard InChI is InChI=1S/C16H22ClNO/c1-11-7-12(2)9-14(8-11)16(19)18-10-13-3-5-15(17)6-4-13/h7-9,13,15H,3-6,10H2,1-2H3,(H,18,19). The van der Waals surface area contributed by atoms with E-state index in [1.54, 1.807) is 0 Å². The van der Waals surface area contributed by atoms with E-state index < -0.39 is 0 Å². The maximum Gasteiger partial charge on any atom is 0.251 e. The van der Waals surface area contributed by atoms with Crippen molar-refractivity contribution in [2.24, 2.45) is 5.92 Å². The van der Waals surface area contributed by atoms with E-state index in [0.717, 1.165) is 48.9 Å². The minimum absolute atomic E-state index is 0.0415. The van der Waals surface area contributed by atoms with Crippen molar-refractivity contribution < 1.29 is 4.79 Å². The predicted molar refractivity (Wildman–Crippen MR) is 79.8 cm³/mol. The average Bonchev–Trinajstić information content (AvgIpc) is 2.36. The van der Waals surface area contributed by atoms with Crippen LogP contribution in [-0.4, -0.2) is 17.8 Å². The highest BCUT2D eigenvalue weighted by molar-refractivity contribution is 6.20. The Morgan fingerprint density at radius 2 is 1.74 bits per heavy atom. The third-order valence-electron chi connectivity index (χ3n) is 3.81. The first-order valence-corrected chi connectivity index (χ1v) is 7.49. The summed E-state index contributed by atoms with van der Waals surface area (Å²) in [4.78, 5) is 12.1. The first-order chi connectivity index (χ1) is 9.04. The molecule has 1 N–H and O–H groups in total. The fourth-order valence-corrected chi connectivity index (χ4v) is 3.02. The predicted octanol–water partition coefficient (Wildman–Crippen LogP) is 3.83. The number of carbonyl (C=O) groups is 1.